The second-order valence-electron chi connectivity index (χ2n) is 22.9. The number of amides is 1. The molecule has 2 aliphatic heterocycles. The summed E-state index contributed by atoms with van der Waals surface area (Å²) in [5.41, 5.74) is 0. The molecule has 0 aromatic heterocycles. The van der Waals surface area contributed by atoms with E-state index in [0.29, 0.717) is 12.8 Å². The van der Waals surface area contributed by atoms with Crippen LogP contribution in [0.15, 0.2) is 122 Å². The number of nitrogens with one attached hydrogen (secondary N) is 1. The van der Waals surface area contributed by atoms with Crippen molar-refractivity contribution in [2.75, 3.05) is 19.8 Å². The van der Waals surface area contributed by atoms with Gasteiger partial charge in [0.1, 0.15) is 48.8 Å². The van der Waals surface area contributed by atoms with Crippen molar-refractivity contribution in [3.63, 3.8) is 0 Å². The first-order chi connectivity index (χ1) is 41.6. The van der Waals surface area contributed by atoms with Crippen molar-refractivity contribution >= 4 is 5.91 Å². The van der Waals surface area contributed by atoms with Gasteiger partial charge in [-0.15, -0.1) is 0 Å². The summed E-state index contributed by atoms with van der Waals surface area (Å²) in [6.07, 6.45) is 62.4. The van der Waals surface area contributed by atoms with Crippen molar-refractivity contribution in [1.82, 2.24) is 5.32 Å². The Morgan fingerprint density at radius 3 is 1.29 bits per heavy atom. The molecule has 14 heteroatoms. The Kier molecular flexibility index (Phi) is 49.7. The van der Waals surface area contributed by atoms with Gasteiger partial charge in [0, 0.05) is 6.42 Å². The van der Waals surface area contributed by atoms with E-state index >= 15 is 0 Å². The maximum absolute atomic E-state index is 13.3. The first-order valence-corrected chi connectivity index (χ1v) is 33.3. The Balaban J connectivity index is 1.71. The smallest absolute Gasteiger partial charge is 0.220 e. The highest BCUT2D eigenvalue weighted by atomic mass is 16.7. The molecule has 0 spiro atoms. The number of carbonyl (C=O) groups excluding carboxylic acids is 1. The fraction of sp³-hybridized carbons (Fsp3) is 0.704. The summed E-state index contributed by atoms with van der Waals surface area (Å²) in [5, 5.41) is 87.3. The van der Waals surface area contributed by atoms with Gasteiger partial charge in [-0.1, -0.05) is 245 Å². The number of aliphatic hydroxyl groups excluding tert-OH is 8. The van der Waals surface area contributed by atoms with Crippen LogP contribution in [0.4, 0.5) is 0 Å². The highest BCUT2D eigenvalue weighted by Crippen LogP contribution is 2.30. The number of rotatable bonds is 52. The lowest BCUT2D eigenvalue weighted by atomic mass is 9.97. The SMILES string of the molecule is CC/C=C\C/C=C\C/C=C\C/C=C\C/C=C\C/C=C\C/C=C\C/C=C\CCCCCCCCCCC(=O)NC(COC1OC(CO)C(OC2OC(CO)C(O)C(O)C2O)C(O)C1O)C(O)/C=C/CC/C=C/CCCCCCCCCCCCCC. The standard InChI is InChI=1S/C71H119NO13/c1-3-5-7-9-11-13-15-17-19-21-23-24-25-26-27-28-29-30-31-32-33-34-35-36-37-39-41-43-45-47-49-51-53-55-63(76)72-59(60(75)54-52-50-48-46-44-42-40-38-22-20-18-16-14-12-10-8-6-4-2)58-82-70-68(81)66(79)69(62(57-74)84-70)85-71-67(80)65(78)64(77)61(56-73)83-71/h5,7,11,13,17,19,23-24,26-27,29-30,32-33,35-36,44,46,52,54,59-62,64-71,73-75,77-81H,3-4,6,8-10,12,14-16,18,20-22,25,28,31,34,37-43,45,47-51,53,55-58H2,1-2H3,(H,72,76)/b7-5-,13-11-,19-17-,24-23-,27-26-,30-29-,33-32-,36-35-,46-44+,54-52+. The molecule has 486 valence electrons. The zero-order valence-electron chi connectivity index (χ0n) is 52.6. The summed E-state index contributed by atoms with van der Waals surface area (Å²) in [6.45, 7) is 2.66. The molecule has 85 heavy (non-hydrogen) atoms. The van der Waals surface area contributed by atoms with Crippen LogP contribution in [0.3, 0.4) is 0 Å². The van der Waals surface area contributed by atoms with Crippen LogP contribution in [-0.4, -0.2) is 140 Å². The van der Waals surface area contributed by atoms with E-state index in [1.165, 1.54) is 96.3 Å². The number of hydrogen-bond acceptors (Lipinski definition) is 13. The van der Waals surface area contributed by atoms with Gasteiger partial charge in [-0.3, -0.25) is 4.79 Å². The average molecular weight is 1190 g/mol. The number of unbranched alkanes of at least 4 members (excludes halogenated alkanes) is 21. The topological polar surface area (TPSA) is 228 Å². The van der Waals surface area contributed by atoms with Crippen LogP contribution < -0.4 is 5.32 Å². The van der Waals surface area contributed by atoms with Crippen LogP contribution >= 0.6 is 0 Å². The molecule has 12 atom stereocenters. The van der Waals surface area contributed by atoms with Gasteiger partial charge in [0.25, 0.3) is 0 Å². The molecule has 2 fully saturated rings. The van der Waals surface area contributed by atoms with Gasteiger partial charge < -0.3 is 65.1 Å². The van der Waals surface area contributed by atoms with Crippen LogP contribution in [0.1, 0.15) is 226 Å². The van der Waals surface area contributed by atoms with E-state index in [1.54, 1.807) is 6.08 Å². The third-order valence-electron chi connectivity index (χ3n) is 15.4. The molecule has 0 aromatic carbocycles. The van der Waals surface area contributed by atoms with Gasteiger partial charge in [0.15, 0.2) is 12.6 Å². The molecule has 2 heterocycles. The molecule has 0 aromatic rings. The molecule has 0 radical (unpaired) electrons. The monoisotopic (exact) mass is 1190 g/mol. The van der Waals surface area contributed by atoms with Gasteiger partial charge >= 0.3 is 0 Å². The minimum absolute atomic E-state index is 0.256. The zero-order valence-corrected chi connectivity index (χ0v) is 52.6. The van der Waals surface area contributed by atoms with Crippen molar-refractivity contribution in [2.45, 2.75) is 299 Å². The third-order valence-corrected chi connectivity index (χ3v) is 15.4. The third kappa shape index (κ3) is 39.1. The van der Waals surface area contributed by atoms with Gasteiger partial charge in [-0.2, -0.15) is 0 Å². The van der Waals surface area contributed by atoms with Crippen LogP contribution in [-0.2, 0) is 23.7 Å². The van der Waals surface area contributed by atoms with Crippen LogP contribution in [0, 0.1) is 0 Å². The summed E-state index contributed by atoms with van der Waals surface area (Å²) in [4.78, 5) is 13.3. The summed E-state index contributed by atoms with van der Waals surface area (Å²) < 4.78 is 22.8. The molecule has 0 aliphatic carbocycles. The van der Waals surface area contributed by atoms with E-state index in [0.717, 1.165) is 96.3 Å². The minimum Gasteiger partial charge on any atom is -0.394 e. The van der Waals surface area contributed by atoms with E-state index in [4.69, 9.17) is 18.9 Å². The Morgan fingerprint density at radius 1 is 0.435 bits per heavy atom. The second-order valence-corrected chi connectivity index (χ2v) is 22.9. The van der Waals surface area contributed by atoms with Gasteiger partial charge in [-0.05, 0) is 96.3 Å². The van der Waals surface area contributed by atoms with Crippen molar-refractivity contribution < 1.29 is 64.6 Å². The Bertz CT molecular complexity index is 1890. The Labute approximate surface area is 514 Å². The first-order valence-electron chi connectivity index (χ1n) is 33.3. The summed E-state index contributed by atoms with van der Waals surface area (Å²) in [7, 11) is 0. The highest BCUT2D eigenvalue weighted by Gasteiger charge is 2.51. The number of hydrogen-bond donors (Lipinski definition) is 9. The first kappa shape index (κ1) is 77.5. The van der Waals surface area contributed by atoms with Gasteiger partial charge in [0.2, 0.25) is 5.91 Å². The molecule has 1 amide bonds. The molecule has 2 rings (SSSR count). The fourth-order valence-electron chi connectivity index (χ4n) is 10.1. The lowest BCUT2D eigenvalue weighted by molar-refractivity contribution is -0.359. The molecule has 2 saturated heterocycles. The lowest BCUT2D eigenvalue weighted by Crippen LogP contribution is -2.65. The second kappa shape index (κ2) is 54.5. The molecular formula is C71H119NO13. The number of aliphatic hydroxyl groups is 8. The molecule has 9 N–H and O–H groups in total. The maximum Gasteiger partial charge on any atom is 0.220 e. The molecule has 0 saturated carbocycles. The predicted octanol–water partition coefficient (Wildman–Crippen LogP) is 12.9. The summed E-state index contributed by atoms with van der Waals surface area (Å²) in [6, 6.07) is -0.945. The normalized spacial score (nSPS) is 24.4. The zero-order chi connectivity index (χ0) is 61.6. The van der Waals surface area contributed by atoms with E-state index in [9.17, 15) is 45.6 Å². The minimum atomic E-state index is -1.80. The largest absolute Gasteiger partial charge is 0.394 e. The predicted molar refractivity (Wildman–Crippen MR) is 345 cm³/mol. The van der Waals surface area contributed by atoms with Crippen LogP contribution in [0.2, 0.25) is 0 Å². The van der Waals surface area contributed by atoms with Crippen molar-refractivity contribution in [2.24, 2.45) is 0 Å². The molecule has 14 nitrogen and oxygen atoms in total. The fourth-order valence-corrected chi connectivity index (χ4v) is 10.1. The molecule has 2 aliphatic rings. The van der Waals surface area contributed by atoms with Gasteiger partial charge in [0.05, 0.1) is 32.0 Å². The van der Waals surface area contributed by atoms with Gasteiger partial charge in [-0.25, -0.2) is 0 Å². The molecular weight excluding hydrogens is 1070 g/mol. The van der Waals surface area contributed by atoms with Crippen LogP contribution in [0.5, 0.6) is 0 Å². The summed E-state index contributed by atoms with van der Waals surface area (Å²) >= 11 is 0. The van der Waals surface area contributed by atoms with E-state index in [-0.39, 0.29) is 18.9 Å². The number of allylic oxidation sites excluding steroid dienone is 19. The van der Waals surface area contributed by atoms with Crippen LogP contribution in [0.25, 0.3) is 0 Å². The average Bonchev–Trinajstić information content (AvgIpc) is 3.29. The van der Waals surface area contributed by atoms with Crippen molar-refractivity contribution in [3.05, 3.63) is 122 Å². The Morgan fingerprint density at radius 2 is 0.824 bits per heavy atom. The maximum atomic E-state index is 13.3. The van der Waals surface area contributed by atoms with Crippen molar-refractivity contribution in [1.29, 1.82) is 0 Å². The molecule has 12 unspecified atom stereocenters. The van der Waals surface area contributed by atoms with E-state index in [2.05, 4.69) is 129 Å². The van der Waals surface area contributed by atoms with E-state index < -0.39 is 86.8 Å². The quantitative estimate of drug-likeness (QED) is 0.0204. The Hall–Kier alpha value is -3.61. The molecule has 0 bridgehead atoms. The van der Waals surface area contributed by atoms with E-state index in [1.807, 2.05) is 6.08 Å². The number of carbonyl (C=O) groups is 1. The highest BCUT2D eigenvalue weighted by molar-refractivity contribution is 5.76. The number of ether oxygens (including phenoxy) is 4. The lowest BCUT2D eigenvalue weighted by Gasteiger charge is -2.46. The summed E-state index contributed by atoms with van der Waals surface area (Å²) in [5.74, 6) is -0.262. The van der Waals surface area contributed by atoms with Crippen molar-refractivity contribution in [3.8, 4) is 0 Å².